The molecule has 0 saturated carbocycles. The summed E-state index contributed by atoms with van der Waals surface area (Å²) in [5.74, 6) is 0.423. The number of anilines is 1. The number of aryl methyl sites for hydroxylation is 2. The van der Waals surface area contributed by atoms with Gasteiger partial charge in [-0.25, -0.2) is 0 Å². The molecule has 4 nitrogen and oxygen atoms in total. The number of amides is 1. The molecule has 1 aromatic heterocycles. The predicted molar refractivity (Wildman–Crippen MR) is 65.9 cm³/mol. The Kier molecular flexibility index (Phi) is 3.74. The summed E-state index contributed by atoms with van der Waals surface area (Å²) in [7, 11) is 0. The van der Waals surface area contributed by atoms with Crippen LogP contribution in [-0.4, -0.2) is 24.1 Å². The van der Waals surface area contributed by atoms with E-state index >= 15 is 0 Å². The number of nitrogens with one attached hydrogen (secondary N) is 1. The van der Waals surface area contributed by atoms with Crippen molar-refractivity contribution in [2.45, 2.75) is 26.7 Å². The number of rotatable bonds is 3. The molecule has 0 unspecified atom stereocenters. The summed E-state index contributed by atoms with van der Waals surface area (Å²) in [6, 6.07) is 1.90. The van der Waals surface area contributed by atoms with Gasteiger partial charge in [-0.05, 0) is 37.8 Å². The van der Waals surface area contributed by atoms with Gasteiger partial charge in [-0.15, -0.1) is 0 Å². The van der Waals surface area contributed by atoms with Gasteiger partial charge in [-0.1, -0.05) is 0 Å². The molecule has 1 atom stereocenters. The number of pyridine rings is 1. The van der Waals surface area contributed by atoms with E-state index in [1.165, 1.54) is 0 Å². The molecule has 0 spiro atoms. The van der Waals surface area contributed by atoms with Crippen LogP contribution in [0.2, 0.25) is 0 Å². The van der Waals surface area contributed by atoms with Crippen molar-refractivity contribution in [1.29, 1.82) is 0 Å². The van der Waals surface area contributed by atoms with Gasteiger partial charge in [0.05, 0.1) is 11.4 Å². The summed E-state index contributed by atoms with van der Waals surface area (Å²) in [5, 5.41) is 2.95. The number of nitrogens with zero attached hydrogens (tertiary/aromatic N) is 1. The minimum atomic E-state index is 0.0553. The van der Waals surface area contributed by atoms with Gasteiger partial charge in [0, 0.05) is 25.8 Å². The Morgan fingerprint density at radius 1 is 1.59 bits per heavy atom. The molecule has 1 saturated heterocycles. The zero-order chi connectivity index (χ0) is 12.3. The first kappa shape index (κ1) is 12.0. The fourth-order valence-corrected chi connectivity index (χ4v) is 2.08. The molecule has 1 aliphatic heterocycles. The summed E-state index contributed by atoms with van der Waals surface area (Å²) in [6.45, 7) is 5.37. The van der Waals surface area contributed by atoms with Crippen LogP contribution in [0.1, 0.15) is 24.1 Å². The van der Waals surface area contributed by atoms with Gasteiger partial charge >= 0.3 is 0 Å². The van der Waals surface area contributed by atoms with Crippen molar-refractivity contribution in [2.24, 2.45) is 5.92 Å². The lowest BCUT2D eigenvalue weighted by atomic mass is 10.0. The fourth-order valence-electron chi connectivity index (χ4n) is 2.08. The van der Waals surface area contributed by atoms with E-state index in [0.717, 1.165) is 30.0 Å². The Balaban J connectivity index is 1.97. The van der Waals surface area contributed by atoms with Gasteiger partial charge in [0.15, 0.2) is 0 Å². The van der Waals surface area contributed by atoms with Crippen LogP contribution in [0.3, 0.4) is 0 Å². The van der Waals surface area contributed by atoms with E-state index in [4.69, 9.17) is 4.74 Å². The van der Waals surface area contributed by atoms with Crippen LogP contribution < -0.4 is 5.32 Å². The first-order chi connectivity index (χ1) is 8.16. The van der Waals surface area contributed by atoms with Gasteiger partial charge in [0.25, 0.3) is 0 Å². The third-order valence-electron chi connectivity index (χ3n) is 3.11. The minimum absolute atomic E-state index is 0.0553. The van der Waals surface area contributed by atoms with Crippen LogP contribution in [0.15, 0.2) is 12.3 Å². The maximum Gasteiger partial charge on any atom is 0.224 e. The van der Waals surface area contributed by atoms with E-state index in [1.54, 1.807) is 6.20 Å². The first-order valence-electron chi connectivity index (χ1n) is 5.96. The molecule has 2 heterocycles. The molecular formula is C13H18N2O2. The Morgan fingerprint density at radius 2 is 2.41 bits per heavy atom. The topological polar surface area (TPSA) is 51.2 Å². The second kappa shape index (κ2) is 5.27. The lowest BCUT2D eigenvalue weighted by molar-refractivity contribution is -0.117. The zero-order valence-electron chi connectivity index (χ0n) is 10.3. The van der Waals surface area contributed by atoms with Crippen LogP contribution in [0, 0.1) is 19.8 Å². The summed E-state index contributed by atoms with van der Waals surface area (Å²) in [4.78, 5) is 16.1. The van der Waals surface area contributed by atoms with E-state index in [2.05, 4.69) is 10.3 Å². The molecule has 0 aliphatic carbocycles. The second-order valence-electron chi connectivity index (χ2n) is 4.57. The molecule has 1 aliphatic rings. The summed E-state index contributed by atoms with van der Waals surface area (Å²) >= 11 is 0. The Bertz CT molecular complexity index is 392. The average molecular weight is 234 g/mol. The standard InChI is InChI=1S/C13H18N2O2/c1-9-3-5-14-10(2)13(9)15-12(16)7-11-4-6-17-8-11/h3,5,11H,4,6-8H2,1-2H3,(H,15,16)/t11-/m1/s1. The zero-order valence-corrected chi connectivity index (χ0v) is 10.3. The molecule has 4 heteroatoms. The highest BCUT2D eigenvalue weighted by molar-refractivity contribution is 5.92. The molecular weight excluding hydrogens is 216 g/mol. The van der Waals surface area contributed by atoms with Crippen LogP contribution in [-0.2, 0) is 9.53 Å². The summed E-state index contributed by atoms with van der Waals surface area (Å²) < 4.78 is 5.26. The maximum atomic E-state index is 11.9. The highest BCUT2D eigenvalue weighted by atomic mass is 16.5. The second-order valence-corrected chi connectivity index (χ2v) is 4.57. The molecule has 17 heavy (non-hydrogen) atoms. The fraction of sp³-hybridized carbons (Fsp3) is 0.538. The van der Waals surface area contributed by atoms with E-state index in [1.807, 2.05) is 19.9 Å². The number of carbonyl (C=O) groups is 1. The van der Waals surface area contributed by atoms with Crippen LogP contribution in [0.25, 0.3) is 0 Å². The first-order valence-corrected chi connectivity index (χ1v) is 5.96. The third kappa shape index (κ3) is 3.03. The molecule has 0 radical (unpaired) electrons. The monoisotopic (exact) mass is 234 g/mol. The van der Waals surface area contributed by atoms with Crippen molar-refractivity contribution in [3.63, 3.8) is 0 Å². The van der Waals surface area contributed by atoms with Crippen molar-refractivity contribution in [3.8, 4) is 0 Å². The predicted octanol–water partition coefficient (Wildman–Crippen LogP) is 2.06. The lowest BCUT2D eigenvalue weighted by Gasteiger charge is -2.12. The van der Waals surface area contributed by atoms with Crippen molar-refractivity contribution in [3.05, 3.63) is 23.5 Å². The molecule has 1 amide bonds. The van der Waals surface area contributed by atoms with Crippen molar-refractivity contribution >= 4 is 11.6 Å². The minimum Gasteiger partial charge on any atom is -0.381 e. The van der Waals surface area contributed by atoms with Gasteiger partial charge in [0.2, 0.25) is 5.91 Å². The number of aromatic nitrogens is 1. The normalized spacial score (nSPS) is 19.3. The number of hydrogen-bond donors (Lipinski definition) is 1. The van der Waals surface area contributed by atoms with E-state index in [9.17, 15) is 4.79 Å². The Hall–Kier alpha value is -1.42. The highest BCUT2D eigenvalue weighted by Gasteiger charge is 2.19. The number of ether oxygens (including phenoxy) is 1. The SMILES string of the molecule is Cc1ccnc(C)c1NC(=O)C[C@H]1CCOC1. The summed E-state index contributed by atoms with van der Waals surface area (Å²) in [6.07, 6.45) is 3.28. The van der Waals surface area contributed by atoms with Crippen molar-refractivity contribution in [1.82, 2.24) is 4.98 Å². The van der Waals surface area contributed by atoms with Crippen molar-refractivity contribution in [2.75, 3.05) is 18.5 Å². The van der Waals surface area contributed by atoms with Gasteiger partial charge in [-0.2, -0.15) is 0 Å². The van der Waals surface area contributed by atoms with Crippen molar-refractivity contribution < 1.29 is 9.53 Å². The Morgan fingerprint density at radius 3 is 3.06 bits per heavy atom. The molecule has 1 fully saturated rings. The van der Waals surface area contributed by atoms with E-state index in [-0.39, 0.29) is 5.91 Å². The molecule has 2 rings (SSSR count). The largest absolute Gasteiger partial charge is 0.381 e. The van der Waals surface area contributed by atoms with Gasteiger partial charge in [0.1, 0.15) is 0 Å². The highest BCUT2D eigenvalue weighted by Crippen LogP contribution is 2.20. The van der Waals surface area contributed by atoms with Gasteiger partial charge < -0.3 is 10.1 Å². The quantitative estimate of drug-likeness (QED) is 0.871. The van der Waals surface area contributed by atoms with E-state index < -0.39 is 0 Å². The van der Waals surface area contributed by atoms with Crippen LogP contribution >= 0.6 is 0 Å². The third-order valence-corrected chi connectivity index (χ3v) is 3.11. The smallest absolute Gasteiger partial charge is 0.224 e. The van der Waals surface area contributed by atoms with Gasteiger partial charge in [-0.3, -0.25) is 9.78 Å². The molecule has 0 aromatic carbocycles. The Labute approximate surface area is 101 Å². The molecule has 0 bridgehead atoms. The van der Waals surface area contributed by atoms with E-state index in [0.29, 0.717) is 18.9 Å². The summed E-state index contributed by atoms with van der Waals surface area (Å²) in [5.41, 5.74) is 2.76. The van der Waals surface area contributed by atoms with Crippen LogP contribution in [0.5, 0.6) is 0 Å². The molecule has 1 N–H and O–H groups in total. The number of carbonyl (C=O) groups excluding carboxylic acids is 1. The maximum absolute atomic E-state index is 11.9. The molecule has 1 aromatic rings. The lowest BCUT2D eigenvalue weighted by Crippen LogP contribution is -2.18. The van der Waals surface area contributed by atoms with Crippen LogP contribution in [0.4, 0.5) is 5.69 Å². The molecule has 92 valence electrons. The average Bonchev–Trinajstić information content (AvgIpc) is 2.76. The number of hydrogen-bond acceptors (Lipinski definition) is 3.